The van der Waals surface area contributed by atoms with E-state index in [0.29, 0.717) is 29.2 Å². The fourth-order valence-corrected chi connectivity index (χ4v) is 6.15. The number of nitrogens with zero attached hydrogens (tertiary/aromatic N) is 3. The SMILES string of the molecule is COc1ccc(N(CC(=O)N/N=C\c2ccc(OCc3cccc4ccccc34)cc2)S(=O)(=O)c2ccc(C)c([N+](=O)[O-])c2)cc1. The summed E-state index contributed by atoms with van der Waals surface area (Å²) in [5.74, 6) is 0.407. The molecule has 5 aromatic rings. The third-order valence-corrected chi connectivity index (χ3v) is 8.94. The lowest BCUT2D eigenvalue weighted by Crippen LogP contribution is -2.39. The number of nitro groups is 1. The first-order chi connectivity index (χ1) is 22.2. The summed E-state index contributed by atoms with van der Waals surface area (Å²) in [5, 5.41) is 17.7. The lowest BCUT2D eigenvalue weighted by Gasteiger charge is -2.24. The number of carbonyl (C=O) groups excluding carboxylic acids is 1. The van der Waals surface area contributed by atoms with E-state index >= 15 is 0 Å². The molecule has 0 saturated carbocycles. The van der Waals surface area contributed by atoms with Gasteiger partial charge in [-0.05, 0) is 83.4 Å². The second-order valence-corrected chi connectivity index (χ2v) is 12.1. The molecule has 0 radical (unpaired) electrons. The Kier molecular flexibility index (Phi) is 9.58. The fourth-order valence-electron chi connectivity index (χ4n) is 4.71. The predicted octanol–water partition coefficient (Wildman–Crippen LogP) is 5.99. The molecule has 0 aliphatic rings. The van der Waals surface area contributed by atoms with Gasteiger partial charge in [0.25, 0.3) is 21.6 Å². The van der Waals surface area contributed by atoms with Crippen molar-refractivity contribution in [2.45, 2.75) is 18.4 Å². The Hall–Kier alpha value is -5.75. The van der Waals surface area contributed by atoms with Crippen LogP contribution < -0.4 is 19.2 Å². The molecule has 0 bridgehead atoms. The average Bonchev–Trinajstić information content (AvgIpc) is 3.06. The number of nitro benzene ring substituents is 1. The van der Waals surface area contributed by atoms with Crippen LogP contribution in [0.25, 0.3) is 10.8 Å². The molecule has 12 heteroatoms. The molecule has 0 unspecified atom stereocenters. The topological polar surface area (TPSA) is 140 Å². The minimum Gasteiger partial charge on any atom is -0.497 e. The lowest BCUT2D eigenvalue weighted by atomic mass is 10.1. The van der Waals surface area contributed by atoms with E-state index < -0.39 is 27.4 Å². The Morgan fingerprint density at radius 1 is 0.935 bits per heavy atom. The molecule has 0 atom stereocenters. The van der Waals surface area contributed by atoms with Crippen molar-refractivity contribution in [3.05, 3.63) is 136 Å². The molecule has 0 heterocycles. The number of hydrogen-bond acceptors (Lipinski definition) is 8. The lowest BCUT2D eigenvalue weighted by molar-refractivity contribution is -0.385. The number of methoxy groups -OCH3 is 1. The first-order valence-corrected chi connectivity index (χ1v) is 15.5. The minimum atomic E-state index is -4.40. The molecule has 0 saturated heterocycles. The van der Waals surface area contributed by atoms with E-state index in [4.69, 9.17) is 9.47 Å². The fraction of sp³-hybridized carbons (Fsp3) is 0.118. The minimum absolute atomic E-state index is 0.155. The summed E-state index contributed by atoms with van der Waals surface area (Å²) in [6, 6.07) is 30.9. The van der Waals surface area contributed by atoms with Gasteiger partial charge in [-0.3, -0.25) is 19.2 Å². The molecule has 0 fully saturated rings. The van der Waals surface area contributed by atoms with Crippen molar-refractivity contribution in [3.8, 4) is 11.5 Å². The van der Waals surface area contributed by atoms with Crippen LogP contribution in [-0.4, -0.2) is 39.1 Å². The molecule has 1 N–H and O–H groups in total. The van der Waals surface area contributed by atoms with Crippen LogP contribution in [-0.2, 0) is 21.4 Å². The molecule has 234 valence electrons. The third kappa shape index (κ3) is 7.30. The van der Waals surface area contributed by atoms with Crippen molar-refractivity contribution in [3.63, 3.8) is 0 Å². The molecule has 0 aromatic heterocycles. The Balaban J connectivity index is 1.26. The first-order valence-electron chi connectivity index (χ1n) is 14.1. The van der Waals surface area contributed by atoms with Crippen molar-refractivity contribution < 1.29 is 27.6 Å². The van der Waals surface area contributed by atoms with Gasteiger partial charge in [-0.15, -0.1) is 0 Å². The van der Waals surface area contributed by atoms with Gasteiger partial charge in [-0.1, -0.05) is 48.5 Å². The number of benzene rings is 5. The van der Waals surface area contributed by atoms with Gasteiger partial charge in [0.05, 0.1) is 28.8 Å². The summed E-state index contributed by atoms with van der Waals surface area (Å²) in [5.41, 5.74) is 4.20. The van der Waals surface area contributed by atoms with Gasteiger partial charge in [-0.2, -0.15) is 5.10 Å². The van der Waals surface area contributed by atoms with Crippen LogP contribution in [0, 0.1) is 17.0 Å². The van der Waals surface area contributed by atoms with Crippen LogP contribution >= 0.6 is 0 Å². The van der Waals surface area contributed by atoms with Gasteiger partial charge in [0, 0.05) is 11.6 Å². The number of nitrogens with one attached hydrogen (secondary N) is 1. The number of fused-ring (bicyclic) bond motifs is 1. The number of ether oxygens (including phenoxy) is 2. The van der Waals surface area contributed by atoms with E-state index in [1.54, 1.807) is 36.4 Å². The Bertz CT molecular complexity index is 2010. The number of sulfonamides is 1. The van der Waals surface area contributed by atoms with Gasteiger partial charge >= 0.3 is 0 Å². The Morgan fingerprint density at radius 3 is 2.35 bits per heavy atom. The van der Waals surface area contributed by atoms with Crippen molar-refractivity contribution in [1.29, 1.82) is 0 Å². The van der Waals surface area contributed by atoms with Crippen LogP contribution in [0.5, 0.6) is 11.5 Å². The van der Waals surface area contributed by atoms with Crippen molar-refractivity contribution in [2.75, 3.05) is 18.0 Å². The average molecular weight is 639 g/mol. The maximum atomic E-state index is 13.7. The van der Waals surface area contributed by atoms with Crippen LogP contribution in [0.4, 0.5) is 11.4 Å². The van der Waals surface area contributed by atoms with E-state index in [1.165, 1.54) is 44.5 Å². The summed E-state index contributed by atoms with van der Waals surface area (Å²) < 4.78 is 39.4. The molecule has 5 aromatic carbocycles. The van der Waals surface area contributed by atoms with Crippen LogP contribution in [0.1, 0.15) is 16.7 Å². The zero-order chi connectivity index (χ0) is 32.7. The number of anilines is 1. The molecule has 0 spiro atoms. The third-order valence-electron chi connectivity index (χ3n) is 7.17. The number of rotatable bonds is 12. The van der Waals surface area contributed by atoms with Crippen LogP contribution in [0.2, 0.25) is 0 Å². The highest BCUT2D eigenvalue weighted by atomic mass is 32.2. The zero-order valence-corrected chi connectivity index (χ0v) is 25.8. The molecule has 0 aliphatic carbocycles. The van der Waals surface area contributed by atoms with Crippen molar-refractivity contribution in [1.82, 2.24) is 5.43 Å². The largest absolute Gasteiger partial charge is 0.497 e. The highest BCUT2D eigenvalue weighted by molar-refractivity contribution is 7.92. The summed E-state index contributed by atoms with van der Waals surface area (Å²) in [6.07, 6.45) is 1.42. The second-order valence-electron chi connectivity index (χ2n) is 10.2. The molecule has 5 rings (SSSR count). The van der Waals surface area contributed by atoms with Crippen LogP contribution in [0.15, 0.2) is 119 Å². The van der Waals surface area contributed by atoms with Crippen molar-refractivity contribution >= 4 is 44.3 Å². The molecular formula is C34H30N4O7S. The zero-order valence-electron chi connectivity index (χ0n) is 25.0. The molecule has 0 aliphatic heterocycles. The second kappa shape index (κ2) is 13.9. The number of carbonyl (C=O) groups is 1. The maximum absolute atomic E-state index is 13.7. The monoisotopic (exact) mass is 638 g/mol. The normalized spacial score (nSPS) is 11.3. The van der Waals surface area contributed by atoms with Gasteiger partial charge in [-0.25, -0.2) is 13.8 Å². The predicted molar refractivity (Wildman–Crippen MR) is 176 cm³/mol. The number of hydrogen-bond donors (Lipinski definition) is 1. The van der Waals surface area contributed by atoms with E-state index in [2.05, 4.69) is 28.7 Å². The smallest absolute Gasteiger partial charge is 0.273 e. The quantitative estimate of drug-likeness (QED) is 0.101. The molecule has 1 amide bonds. The molecule has 11 nitrogen and oxygen atoms in total. The Morgan fingerprint density at radius 2 is 1.63 bits per heavy atom. The summed E-state index contributed by atoms with van der Waals surface area (Å²) in [6.45, 7) is 1.26. The number of amides is 1. The highest BCUT2D eigenvalue weighted by Crippen LogP contribution is 2.29. The summed E-state index contributed by atoms with van der Waals surface area (Å²) in [7, 11) is -2.93. The first kappa shape index (κ1) is 31.7. The van der Waals surface area contributed by atoms with E-state index in [9.17, 15) is 23.3 Å². The van der Waals surface area contributed by atoms with Crippen LogP contribution in [0.3, 0.4) is 0 Å². The van der Waals surface area contributed by atoms with Gasteiger partial charge in [0.15, 0.2) is 0 Å². The molecular weight excluding hydrogens is 608 g/mol. The van der Waals surface area contributed by atoms with E-state index in [1.807, 2.05) is 24.3 Å². The number of aryl methyl sites for hydroxylation is 1. The van der Waals surface area contributed by atoms with Crippen molar-refractivity contribution in [2.24, 2.45) is 5.10 Å². The Labute approximate surface area is 265 Å². The number of hydrazone groups is 1. The standard InChI is InChI=1S/C34H30N4O7S/c1-24-10-19-31(20-33(24)38(40)41)46(42,43)37(28-13-17-29(44-2)18-14-28)22-34(39)36-35-21-25-11-15-30(16-12-25)45-23-27-8-5-7-26-6-3-4-9-32(26)27/h3-21H,22-23H2,1-2H3,(H,36,39)/b35-21-. The van der Waals surface area contributed by atoms with E-state index in [-0.39, 0.29) is 16.3 Å². The van der Waals surface area contributed by atoms with Gasteiger partial charge in [0.1, 0.15) is 24.7 Å². The highest BCUT2D eigenvalue weighted by Gasteiger charge is 2.29. The maximum Gasteiger partial charge on any atom is 0.273 e. The summed E-state index contributed by atoms with van der Waals surface area (Å²) >= 11 is 0. The van der Waals surface area contributed by atoms with Gasteiger partial charge < -0.3 is 9.47 Å². The van der Waals surface area contributed by atoms with E-state index in [0.717, 1.165) is 26.7 Å². The van der Waals surface area contributed by atoms with Gasteiger partial charge in [0.2, 0.25) is 0 Å². The summed E-state index contributed by atoms with van der Waals surface area (Å²) in [4.78, 5) is 23.4. The molecule has 46 heavy (non-hydrogen) atoms.